The van der Waals surface area contributed by atoms with Gasteiger partial charge < -0.3 is 14.6 Å². The summed E-state index contributed by atoms with van der Waals surface area (Å²) < 4.78 is 10.6. The molecule has 3 aromatic rings. The number of carbonyl (C=O) groups is 1. The van der Waals surface area contributed by atoms with Crippen LogP contribution in [0.15, 0.2) is 66.7 Å². The number of aryl methyl sites for hydroxylation is 2. The van der Waals surface area contributed by atoms with Crippen molar-refractivity contribution in [2.75, 3.05) is 14.2 Å². The molecule has 3 aromatic carbocycles. The van der Waals surface area contributed by atoms with Gasteiger partial charge in [-0.15, -0.1) is 0 Å². The van der Waals surface area contributed by atoms with E-state index in [9.17, 15) is 9.90 Å². The minimum Gasteiger partial charge on any atom is -0.497 e. The highest BCUT2D eigenvalue weighted by atomic mass is 16.5. The Hall–Kier alpha value is -3.27. The predicted octanol–water partition coefficient (Wildman–Crippen LogP) is 5.57. The van der Waals surface area contributed by atoms with Gasteiger partial charge in [-0.1, -0.05) is 60.5 Å². The molecule has 0 aliphatic heterocycles. The summed E-state index contributed by atoms with van der Waals surface area (Å²) in [5.41, 5.74) is 4.38. The number of aliphatic carboxylic acids is 1. The van der Waals surface area contributed by atoms with E-state index >= 15 is 0 Å². The molecule has 0 heterocycles. The number of carboxylic acid groups (broad SMARTS) is 1. The lowest BCUT2D eigenvalue weighted by atomic mass is 9.65. The Morgan fingerprint density at radius 1 is 0.839 bits per heavy atom. The number of methoxy groups -OCH3 is 2. The molecule has 0 bridgehead atoms. The van der Waals surface area contributed by atoms with Crippen molar-refractivity contribution < 1.29 is 19.4 Å². The highest BCUT2D eigenvalue weighted by molar-refractivity contribution is 5.74. The quantitative estimate of drug-likeness (QED) is 0.520. The fourth-order valence-corrected chi connectivity index (χ4v) is 4.40. The molecule has 4 heteroatoms. The van der Waals surface area contributed by atoms with E-state index < -0.39 is 17.3 Å². The summed E-state index contributed by atoms with van der Waals surface area (Å²) in [6.07, 6.45) is 0.423. The molecule has 3 rings (SSSR count). The molecule has 0 spiro atoms. The van der Waals surface area contributed by atoms with Crippen LogP contribution < -0.4 is 9.47 Å². The van der Waals surface area contributed by atoms with Crippen LogP contribution in [0.3, 0.4) is 0 Å². The third-order valence-corrected chi connectivity index (χ3v) is 6.10. The molecular formula is C27H30O4. The van der Waals surface area contributed by atoms with Crippen molar-refractivity contribution in [3.8, 4) is 11.5 Å². The highest BCUT2D eigenvalue weighted by Gasteiger charge is 2.42. The van der Waals surface area contributed by atoms with Crippen LogP contribution in [-0.4, -0.2) is 25.3 Å². The van der Waals surface area contributed by atoms with Crippen molar-refractivity contribution in [1.82, 2.24) is 0 Å². The third kappa shape index (κ3) is 4.74. The molecule has 0 radical (unpaired) electrons. The van der Waals surface area contributed by atoms with Crippen molar-refractivity contribution in [3.05, 3.63) is 94.5 Å². The molecular weight excluding hydrogens is 388 g/mol. The number of hydrogen-bond donors (Lipinski definition) is 1. The van der Waals surface area contributed by atoms with Crippen LogP contribution >= 0.6 is 0 Å². The average Bonchev–Trinajstić information content (AvgIpc) is 2.76. The maximum Gasteiger partial charge on any atom is 0.308 e. The predicted molar refractivity (Wildman–Crippen MR) is 123 cm³/mol. The van der Waals surface area contributed by atoms with Gasteiger partial charge in [-0.05, 0) is 61.2 Å². The maximum atomic E-state index is 12.7. The van der Waals surface area contributed by atoms with Crippen LogP contribution in [0.1, 0.15) is 34.7 Å². The summed E-state index contributed by atoms with van der Waals surface area (Å²) in [4.78, 5) is 12.7. The second-order valence-electron chi connectivity index (χ2n) is 8.25. The van der Waals surface area contributed by atoms with Gasteiger partial charge in [0.15, 0.2) is 0 Å². The fraction of sp³-hybridized carbons (Fsp3) is 0.296. The lowest BCUT2D eigenvalue weighted by Crippen LogP contribution is -2.40. The molecule has 0 aromatic heterocycles. The van der Waals surface area contributed by atoms with Crippen LogP contribution in [0.2, 0.25) is 0 Å². The van der Waals surface area contributed by atoms with Gasteiger partial charge in [0.05, 0.1) is 20.1 Å². The first-order valence-corrected chi connectivity index (χ1v) is 10.4. The van der Waals surface area contributed by atoms with Gasteiger partial charge in [0, 0.05) is 5.41 Å². The number of ether oxygens (including phenoxy) is 2. The summed E-state index contributed by atoms with van der Waals surface area (Å²) >= 11 is 0. The van der Waals surface area contributed by atoms with Gasteiger partial charge in [-0.25, -0.2) is 0 Å². The average molecular weight is 419 g/mol. The summed E-state index contributed by atoms with van der Waals surface area (Å²) in [6.45, 7) is 6.09. The largest absolute Gasteiger partial charge is 0.497 e. The molecule has 1 atom stereocenters. The van der Waals surface area contributed by atoms with Crippen molar-refractivity contribution >= 4 is 5.97 Å². The molecule has 0 unspecified atom stereocenters. The Kier molecular flexibility index (Phi) is 6.69. The first-order chi connectivity index (χ1) is 14.8. The molecule has 162 valence electrons. The van der Waals surface area contributed by atoms with Crippen LogP contribution in [-0.2, 0) is 16.6 Å². The second-order valence-corrected chi connectivity index (χ2v) is 8.25. The Bertz CT molecular complexity index is 968. The first kappa shape index (κ1) is 22.4. The van der Waals surface area contributed by atoms with E-state index in [0.717, 1.165) is 39.3 Å². The fourth-order valence-electron chi connectivity index (χ4n) is 4.40. The number of rotatable bonds is 8. The van der Waals surface area contributed by atoms with Crippen molar-refractivity contribution in [2.45, 2.75) is 32.6 Å². The van der Waals surface area contributed by atoms with Gasteiger partial charge in [-0.2, -0.15) is 0 Å². The summed E-state index contributed by atoms with van der Waals surface area (Å²) in [5.74, 6) is -0.0205. The van der Waals surface area contributed by atoms with Gasteiger partial charge in [-0.3, -0.25) is 4.79 Å². The van der Waals surface area contributed by atoms with E-state index in [4.69, 9.17) is 9.47 Å². The van der Waals surface area contributed by atoms with E-state index in [2.05, 4.69) is 18.2 Å². The summed E-state index contributed by atoms with van der Waals surface area (Å²) in [5, 5.41) is 10.4. The molecule has 0 saturated heterocycles. The number of carboxylic acids is 1. The standard InChI is InChI=1S/C27H30O4/c1-18-14-19(2)16-20(15-18)17-25(26(28)29)27(3,21-6-10-23(30-4)11-7-21)22-8-12-24(31-5)13-9-22/h6-16,25H,17H2,1-5H3,(H,28,29)/t25-/m1/s1. The third-order valence-electron chi connectivity index (χ3n) is 6.10. The molecule has 0 aliphatic rings. The SMILES string of the molecule is COc1ccc(C(C)(c2ccc(OC)cc2)[C@H](Cc2cc(C)cc(C)c2)C(=O)O)cc1. The van der Waals surface area contributed by atoms with Gasteiger partial charge >= 0.3 is 5.97 Å². The van der Waals surface area contributed by atoms with Crippen LogP contribution in [0.25, 0.3) is 0 Å². The van der Waals surface area contributed by atoms with E-state index in [1.807, 2.05) is 69.3 Å². The maximum absolute atomic E-state index is 12.7. The highest BCUT2D eigenvalue weighted by Crippen LogP contribution is 2.42. The summed E-state index contributed by atoms with van der Waals surface area (Å²) in [7, 11) is 3.25. The lowest BCUT2D eigenvalue weighted by molar-refractivity contribution is -0.143. The Labute approximate surface area is 184 Å². The molecule has 1 N–H and O–H groups in total. The van der Waals surface area contributed by atoms with E-state index in [1.165, 1.54) is 0 Å². The topological polar surface area (TPSA) is 55.8 Å². The zero-order chi connectivity index (χ0) is 22.6. The zero-order valence-electron chi connectivity index (χ0n) is 18.8. The molecule has 0 fully saturated rings. The zero-order valence-corrected chi connectivity index (χ0v) is 18.8. The number of benzene rings is 3. The minimum absolute atomic E-state index is 0.423. The van der Waals surface area contributed by atoms with E-state index in [-0.39, 0.29) is 0 Å². The lowest BCUT2D eigenvalue weighted by Gasteiger charge is -2.37. The molecule has 0 aliphatic carbocycles. The van der Waals surface area contributed by atoms with Gasteiger partial charge in [0.1, 0.15) is 11.5 Å². The molecule has 31 heavy (non-hydrogen) atoms. The Balaban J connectivity index is 2.15. The van der Waals surface area contributed by atoms with Crippen LogP contribution in [0.4, 0.5) is 0 Å². The molecule has 0 amide bonds. The first-order valence-electron chi connectivity index (χ1n) is 10.4. The van der Waals surface area contributed by atoms with Crippen molar-refractivity contribution in [3.63, 3.8) is 0 Å². The monoisotopic (exact) mass is 418 g/mol. The smallest absolute Gasteiger partial charge is 0.308 e. The second kappa shape index (κ2) is 9.25. The van der Waals surface area contributed by atoms with Crippen molar-refractivity contribution in [1.29, 1.82) is 0 Å². The van der Waals surface area contributed by atoms with Gasteiger partial charge in [0.2, 0.25) is 0 Å². The van der Waals surface area contributed by atoms with Crippen molar-refractivity contribution in [2.24, 2.45) is 5.92 Å². The van der Waals surface area contributed by atoms with Crippen LogP contribution in [0, 0.1) is 19.8 Å². The van der Waals surface area contributed by atoms with Gasteiger partial charge in [0.25, 0.3) is 0 Å². The number of hydrogen-bond acceptors (Lipinski definition) is 3. The Morgan fingerprint density at radius 2 is 1.26 bits per heavy atom. The van der Waals surface area contributed by atoms with Crippen LogP contribution in [0.5, 0.6) is 11.5 Å². The minimum atomic E-state index is -0.826. The van der Waals surface area contributed by atoms with E-state index in [1.54, 1.807) is 14.2 Å². The molecule has 0 saturated carbocycles. The summed E-state index contributed by atoms with van der Waals surface area (Å²) in [6, 6.07) is 21.6. The normalized spacial score (nSPS) is 12.3. The van der Waals surface area contributed by atoms with E-state index in [0.29, 0.717) is 6.42 Å². The molecule has 4 nitrogen and oxygen atoms in total. The Morgan fingerprint density at radius 3 is 1.61 bits per heavy atom.